The van der Waals surface area contributed by atoms with Gasteiger partial charge in [-0.25, -0.2) is 0 Å². The summed E-state index contributed by atoms with van der Waals surface area (Å²) in [6.45, 7) is 6.58. The van der Waals surface area contributed by atoms with Crippen LogP contribution in [0.15, 0.2) is 4.52 Å². The van der Waals surface area contributed by atoms with E-state index in [2.05, 4.69) is 29.3 Å². The second-order valence-corrected chi connectivity index (χ2v) is 5.10. The molecular weight excluding hydrogens is 202 g/mol. The van der Waals surface area contributed by atoms with Gasteiger partial charge in [0, 0.05) is 12.8 Å². The lowest BCUT2D eigenvalue weighted by Gasteiger charge is -2.20. The first-order chi connectivity index (χ1) is 7.74. The van der Waals surface area contributed by atoms with Crippen molar-refractivity contribution in [2.24, 2.45) is 11.8 Å². The molecule has 4 nitrogen and oxygen atoms in total. The molecule has 2 rings (SSSR count). The quantitative estimate of drug-likeness (QED) is 0.845. The molecule has 0 aliphatic carbocycles. The van der Waals surface area contributed by atoms with E-state index < -0.39 is 0 Å². The molecule has 1 aromatic heterocycles. The highest BCUT2D eigenvalue weighted by atomic mass is 16.5. The summed E-state index contributed by atoms with van der Waals surface area (Å²) in [7, 11) is 0. The van der Waals surface area contributed by atoms with E-state index in [1.165, 1.54) is 12.8 Å². The van der Waals surface area contributed by atoms with Crippen molar-refractivity contribution in [3.05, 3.63) is 11.7 Å². The molecule has 0 spiro atoms. The summed E-state index contributed by atoms with van der Waals surface area (Å²) in [6, 6.07) is 0. The van der Waals surface area contributed by atoms with Crippen molar-refractivity contribution in [3.8, 4) is 0 Å². The van der Waals surface area contributed by atoms with Gasteiger partial charge in [0.2, 0.25) is 5.89 Å². The molecule has 0 radical (unpaired) electrons. The van der Waals surface area contributed by atoms with Crippen LogP contribution in [-0.4, -0.2) is 23.2 Å². The third kappa shape index (κ3) is 3.30. The van der Waals surface area contributed by atoms with Crippen LogP contribution in [0.4, 0.5) is 0 Å². The molecule has 0 amide bonds. The number of rotatable bonds is 4. The van der Waals surface area contributed by atoms with Crippen LogP contribution in [0.2, 0.25) is 0 Å². The maximum Gasteiger partial charge on any atom is 0.226 e. The van der Waals surface area contributed by atoms with Crippen molar-refractivity contribution < 1.29 is 4.52 Å². The Kier molecular flexibility index (Phi) is 3.93. The van der Waals surface area contributed by atoms with Crippen LogP contribution < -0.4 is 5.32 Å². The van der Waals surface area contributed by atoms with E-state index in [4.69, 9.17) is 4.52 Å². The minimum atomic E-state index is 0.587. The smallest absolute Gasteiger partial charge is 0.226 e. The molecule has 16 heavy (non-hydrogen) atoms. The predicted molar refractivity (Wildman–Crippen MR) is 62.1 cm³/mol. The summed E-state index contributed by atoms with van der Waals surface area (Å²) in [5.41, 5.74) is 0. The van der Waals surface area contributed by atoms with Gasteiger partial charge in [-0.05, 0) is 37.8 Å². The molecule has 4 heteroatoms. The third-order valence-electron chi connectivity index (χ3n) is 3.02. The maximum absolute atomic E-state index is 5.29. The summed E-state index contributed by atoms with van der Waals surface area (Å²) >= 11 is 0. The number of piperidine rings is 1. The normalized spacial score (nSPS) is 18.2. The largest absolute Gasteiger partial charge is 0.339 e. The van der Waals surface area contributed by atoms with Gasteiger partial charge in [0.15, 0.2) is 5.82 Å². The second kappa shape index (κ2) is 5.43. The van der Waals surface area contributed by atoms with E-state index in [0.717, 1.165) is 37.6 Å². The molecule has 0 unspecified atom stereocenters. The topological polar surface area (TPSA) is 51.0 Å². The molecule has 1 aliphatic rings. The van der Waals surface area contributed by atoms with Gasteiger partial charge in [0.25, 0.3) is 0 Å². The highest BCUT2D eigenvalue weighted by molar-refractivity contribution is 4.89. The van der Waals surface area contributed by atoms with Crippen molar-refractivity contribution >= 4 is 0 Å². The van der Waals surface area contributed by atoms with Crippen molar-refractivity contribution in [1.29, 1.82) is 0 Å². The zero-order valence-electron chi connectivity index (χ0n) is 10.2. The zero-order valence-corrected chi connectivity index (χ0v) is 10.2. The zero-order chi connectivity index (χ0) is 11.4. The fraction of sp³-hybridized carbons (Fsp3) is 0.833. The number of aromatic nitrogens is 2. The molecule has 90 valence electrons. The Morgan fingerprint density at radius 2 is 2.12 bits per heavy atom. The molecule has 1 aliphatic heterocycles. The Labute approximate surface area is 96.8 Å². The molecular formula is C12H21N3O. The lowest BCUT2D eigenvalue weighted by Crippen LogP contribution is -2.28. The predicted octanol–water partition coefficient (Wildman–Crippen LogP) is 1.81. The van der Waals surface area contributed by atoms with Crippen LogP contribution in [0.25, 0.3) is 0 Å². The van der Waals surface area contributed by atoms with Crippen LogP contribution in [-0.2, 0) is 12.8 Å². The average Bonchev–Trinajstić information content (AvgIpc) is 2.66. The first-order valence-corrected chi connectivity index (χ1v) is 6.26. The van der Waals surface area contributed by atoms with Gasteiger partial charge >= 0.3 is 0 Å². The lowest BCUT2D eigenvalue weighted by atomic mass is 9.95. The van der Waals surface area contributed by atoms with Gasteiger partial charge in [0.05, 0.1) is 0 Å². The molecule has 1 aromatic rings. The van der Waals surface area contributed by atoms with Crippen molar-refractivity contribution in [1.82, 2.24) is 15.5 Å². The van der Waals surface area contributed by atoms with Crippen LogP contribution in [0, 0.1) is 11.8 Å². The number of hydrogen-bond donors (Lipinski definition) is 1. The SMILES string of the molecule is CC(C)Cc1noc(CC2CCNCC2)n1. The fourth-order valence-corrected chi connectivity index (χ4v) is 2.15. The van der Waals surface area contributed by atoms with Gasteiger partial charge in [0.1, 0.15) is 0 Å². The van der Waals surface area contributed by atoms with E-state index in [0.29, 0.717) is 11.8 Å². The summed E-state index contributed by atoms with van der Waals surface area (Å²) in [6.07, 6.45) is 4.31. The molecule has 1 N–H and O–H groups in total. The highest BCUT2D eigenvalue weighted by Gasteiger charge is 2.17. The number of nitrogens with one attached hydrogen (secondary N) is 1. The minimum absolute atomic E-state index is 0.587. The molecule has 0 atom stereocenters. The maximum atomic E-state index is 5.29. The summed E-state index contributed by atoms with van der Waals surface area (Å²) in [5, 5.41) is 7.39. The molecule has 1 saturated heterocycles. The Morgan fingerprint density at radius 1 is 1.38 bits per heavy atom. The Hall–Kier alpha value is -0.900. The van der Waals surface area contributed by atoms with Gasteiger partial charge in [-0.1, -0.05) is 19.0 Å². The van der Waals surface area contributed by atoms with E-state index in [-0.39, 0.29) is 0 Å². The van der Waals surface area contributed by atoms with E-state index in [1.54, 1.807) is 0 Å². The first kappa shape index (κ1) is 11.6. The molecule has 0 saturated carbocycles. The second-order valence-electron chi connectivity index (χ2n) is 5.10. The van der Waals surface area contributed by atoms with Gasteiger partial charge < -0.3 is 9.84 Å². The van der Waals surface area contributed by atoms with Gasteiger partial charge in [-0.2, -0.15) is 4.98 Å². The Morgan fingerprint density at radius 3 is 2.81 bits per heavy atom. The minimum Gasteiger partial charge on any atom is -0.339 e. The van der Waals surface area contributed by atoms with Crippen molar-refractivity contribution in [2.45, 2.75) is 39.5 Å². The summed E-state index contributed by atoms with van der Waals surface area (Å²) in [4.78, 5) is 4.45. The first-order valence-electron chi connectivity index (χ1n) is 6.26. The molecule has 0 aromatic carbocycles. The van der Waals surface area contributed by atoms with Crippen LogP contribution in [0.1, 0.15) is 38.4 Å². The van der Waals surface area contributed by atoms with Crippen LogP contribution in [0.3, 0.4) is 0 Å². The fourth-order valence-electron chi connectivity index (χ4n) is 2.15. The van der Waals surface area contributed by atoms with Crippen molar-refractivity contribution in [3.63, 3.8) is 0 Å². The summed E-state index contributed by atoms with van der Waals surface area (Å²) < 4.78 is 5.29. The summed E-state index contributed by atoms with van der Waals surface area (Å²) in [5.74, 6) is 2.99. The average molecular weight is 223 g/mol. The van der Waals surface area contributed by atoms with E-state index >= 15 is 0 Å². The monoisotopic (exact) mass is 223 g/mol. The molecule has 0 bridgehead atoms. The van der Waals surface area contributed by atoms with Crippen LogP contribution >= 0.6 is 0 Å². The Bertz CT molecular complexity index is 316. The third-order valence-corrected chi connectivity index (χ3v) is 3.02. The standard InChI is InChI=1S/C12H21N3O/c1-9(2)7-11-14-12(16-15-11)8-10-3-5-13-6-4-10/h9-10,13H,3-8H2,1-2H3. The highest BCUT2D eigenvalue weighted by Crippen LogP contribution is 2.17. The Balaban J connectivity index is 1.86. The lowest BCUT2D eigenvalue weighted by molar-refractivity contribution is 0.311. The van der Waals surface area contributed by atoms with Gasteiger partial charge in [-0.15, -0.1) is 0 Å². The van der Waals surface area contributed by atoms with Crippen LogP contribution in [0.5, 0.6) is 0 Å². The van der Waals surface area contributed by atoms with E-state index in [9.17, 15) is 0 Å². The number of hydrogen-bond acceptors (Lipinski definition) is 4. The van der Waals surface area contributed by atoms with Gasteiger partial charge in [-0.3, -0.25) is 0 Å². The molecule has 1 fully saturated rings. The van der Waals surface area contributed by atoms with Crippen molar-refractivity contribution in [2.75, 3.05) is 13.1 Å². The van der Waals surface area contributed by atoms with E-state index in [1.807, 2.05) is 0 Å². The number of nitrogens with zero attached hydrogens (tertiary/aromatic N) is 2. The molecule has 2 heterocycles.